The van der Waals surface area contributed by atoms with Crippen molar-refractivity contribution in [1.82, 2.24) is 0 Å². The normalized spacial score (nSPS) is 10.6. The number of carboxylic acid groups (broad SMARTS) is 1. The van der Waals surface area contributed by atoms with Crippen LogP contribution < -0.4 is 0 Å². The largest absolute Gasteiger partial charge is 0.478 e. The summed E-state index contributed by atoms with van der Waals surface area (Å²) < 4.78 is 14.6. The predicted octanol–water partition coefficient (Wildman–Crippen LogP) is -0.804. The zero-order chi connectivity index (χ0) is 12.9. The molecule has 0 aromatic carbocycles. The number of aliphatic hydroxyl groups is 1. The fourth-order valence-electron chi connectivity index (χ4n) is 0.775. The summed E-state index contributed by atoms with van der Waals surface area (Å²) in [5.74, 6) is -1.94. The third-order valence-electron chi connectivity index (χ3n) is 1.44. The molecule has 0 aliphatic carbocycles. The molecule has 0 radical (unpaired) electrons. The lowest BCUT2D eigenvalue weighted by molar-refractivity contribution is -0.140. The SMILES string of the molecule is O=C(O)/C=C/C(=O)OCCOCCOCCO. The average Bonchev–Trinajstić information content (AvgIpc) is 2.30. The number of aliphatic carboxylic acids is 1. The molecule has 0 fully saturated rings. The Bertz CT molecular complexity index is 249. The minimum absolute atomic E-state index is 0.0342. The molecule has 0 saturated heterocycles. The molecule has 7 nitrogen and oxygen atoms in total. The monoisotopic (exact) mass is 248 g/mol. The first-order chi connectivity index (χ1) is 8.16. The van der Waals surface area contributed by atoms with Crippen molar-refractivity contribution in [1.29, 1.82) is 0 Å². The summed E-state index contributed by atoms with van der Waals surface area (Å²) in [5, 5.41) is 16.6. The van der Waals surface area contributed by atoms with E-state index in [2.05, 4.69) is 4.74 Å². The van der Waals surface area contributed by atoms with Gasteiger partial charge in [0.15, 0.2) is 0 Å². The fraction of sp³-hybridized carbons (Fsp3) is 0.600. The third kappa shape index (κ3) is 12.5. The number of carbonyl (C=O) groups is 2. The van der Waals surface area contributed by atoms with Gasteiger partial charge in [-0.3, -0.25) is 0 Å². The molecule has 0 aliphatic heterocycles. The highest BCUT2D eigenvalue weighted by Crippen LogP contribution is 1.84. The summed E-state index contributed by atoms with van der Waals surface area (Å²) in [6, 6.07) is 0. The van der Waals surface area contributed by atoms with Crippen LogP contribution in [0.5, 0.6) is 0 Å². The molecule has 0 amide bonds. The Hall–Kier alpha value is -1.44. The maximum absolute atomic E-state index is 10.8. The average molecular weight is 248 g/mol. The van der Waals surface area contributed by atoms with E-state index in [4.69, 9.17) is 19.7 Å². The molecule has 0 heterocycles. The van der Waals surface area contributed by atoms with Crippen molar-refractivity contribution in [3.8, 4) is 0 Å². The molecule has 0 unspecified atom stereocenters. The van der Waals surface area contributed by atoms with Crippen molar-refractivity contribution < 1.29 is 34.0 Å². The molecular weight excluding hydrogens is 232 g/mol. The first-order valence-electron chi connectivity index (χ1n) is 5.01. The Balaban J connectivity index is 3.28. The number of rotatable bonds is 10. The summed E-state index contributed by atoms with van der Waals surface area (Å²) in [6.45, 7) is 1.17. The van der Waals surface area contributed by atoms with Gasteiger partial charge in [-0.15, -0.1) is 0 Å². The number of hydrogen-bond donors (Lipinski definition) is 2. The molecule has 0 rings (SSSR count). The van der Waals surface area contributed by atoms with E-state index in [0.717, 1.165) is 6.08 Å². The van der Waals surface area contributed by atoms with Crippen molar-refractivity contribution in [3.05, 3.63) is 12.2 Å². The number of aliphatic hydroxyl groups excluding tert-OH is 1. The summed E-state index contributed by atoms with van der Waals surface area (Å²) in [7, 11) is 0. The molecule has 0 spiro atoms. The molecule has 0 atom stereocenters. The van der Waals surface area contributed by atoms with E-state index in [0.29, 0.717) is 19.3 Å². The van der Waals surface area contributed by atoms with E-state index in [1.807, 2.05) is 0 Å². The Labute approximate surface area is 98.6 Å². The summed E-state index contributed by atoms with van der Waals surface area (Å²) >= 11 is 0. The van der Waals surface area contributed by atoms with Crippen molar-refractivity contribution in [3.63, 3.8) is 0 Å². The number of carboxylic acids is 1. The second-order valence-corrected chi connectivity index (χ2v) is 2.79. The maximum atomic E-state index is 10.8. The topological polar surface area (TPSA) is 102 Å². The number of carbonyl (C=O) groups excluding carboxylic acids is 1. The van der Waals surface area contributed by atoms with E-state index in [1.54, 1.807) is 0 Å². The number of hydrogen-bond acceptors (Lipinski definition) is 6. The van der Waals surface area contributed by atoms with Gasteiger partial charge in [-0.05, 0) is 0 Å². The number of esters is 1. The Morgan fingerprint density at radius 3 is 2.12 bits per heavy atom. The van der Waals surface area contributed by atoms with Crippen LogP contribution in [0.25, 0.3) is 0 Å². The van der Waals surface area contributed by atoms with Crippen LogP contribution in [0.1, 0.15) is 0 Å². The van der Waals surface area contributed by atoms with Gasteiger partial charge in [0.05, 0.1) is 33.0 Å². The third-order valence-corrected chi connectivity index (χ3v) is 1.44. The van der Waals surface area contributed by atoms with Crippen LogP contribution in [-0.4, -0.2) is 61.8 Å². The van der Waals surface area contributed by atoms with Gasteiger partial charge in [0.1, 0.15) is 6.61 Å². The molecule has 7 heteroatoms. The van der Waals surface area contributed by atoms with Crippen LogP contribution in [-0.2, 0) is 23.8 Å². The minimum atomic E-state index is -1.21. The van der Waals surface area contributed by atoms with Crippen LogP contribution in [0.2, 0.25) is 0 Å². The molecule has 0 bridgehead atoms. The second kappa shape index (κ2) is 11.1. The Morgan fingerprint density at radius 2 is 1.53 bits per heavy atom. The van der Waals surface area contributed by atoms with E-state index in [9.17, 15) is 9.59 Å². The van der Waals surface area contributed by atoms with Crippen LogP contribution in [0, 0.1) is 0 Å². The van der Waals surface area contributed by atoms with E-state index in [-0.39, 0.29) is 26.4 Å². The van der Waals surface area contributed by atoms with Gasteiger partial charge in [-0.2, -0.15) is 0 Å². The van der Waals surface area contributed by atoms with Crippen molar-refractivity contribution >= 4 is 11.9 Å². The maximum Gasteiger partial charge on any atom is 0.331 e. The minimum Gasteiger partial charge on any atom is -0.478 e. The van der Waals surface area contributed by atoms with E-state index >= 15 is 0 Å². The highest BCUT2D eigenvalue weighted by Gasteiger charge is 1.98. The molecular formula is C10H16O7. The van der Waals surface area contributed by atoms with Crippen molar-refractivity contribution in [2.24, 2.45) is 0 Å². The van der Waals surface area contributed by atoms with Gasteiger partial charge in [0, 0.05) is 12.2 Å². The first-order valence-corrected chi connectivity index (χ1v) is 5.01. The number of ether oxygens (including phenoxy) is 3. The molecule has 17 heavy (non-hydrogen) atoms. The molecule has 0 aromatic rings. The summed E-state index contributed by atoms with van der Waals surface area (Å²) in [6.07, 6.45) is 1.53. The van der Waals surface area contributed by atoms with Crippen LogP contribution in [0.15, 0.2) is 12.2 Å². The standard InChI is InChI=1S/C10H16O7/c11-3-4-15-5-6-16-7-8-17-10(14)2-1-9(12)13/h1-2,11H,3-8H2,(H,12,13)/b2-1+. The molecule has 98 valence electrons. The zero-order valence-electron chi connectivity index (χ0n) is 9.33. The molecule has 0 saturated carbocycles. The van der Waals surface area contributed by atoms with Gasteiger partial charge < -0.3 is 24.4 Å². The first kappa shape index (κ1) is 15.6. The van der Waals surface area contributed by atoms with Gasteiger partial charge in [0.25, 0.3) is 0 Å². The zero-order valence-corrected chi connectivity index (χ0v) is 9.33. The van der Waals surface area contributed by atoms with Gasteiger partial charge in [0.2, 0.25) is 0 Å². The highest BCUT2D eigenvalue weighted by molar-refractivity contribution is 5.90. The Kier molecular flexibility index (Phi) is 10.1. The quantitative estimate of drug-likeness (QED) is 0.296. The van der Waals surface area contributed by atoms with Gasteiger partial charge in [-0.1, -0.05) is 0 Å². The molecule has 0 aromatic heterocycles. The van der Waals surface area contributed by atoms with E-state index < -0.39 is 11.9 Å². The van der Waals surface area contributed by atoms with Crippen molar-refractivity contribution in [2.75, 3.05) is 39.6 Å². The fourth-order valence-corrected chi connectivity index (χ4v) is 0.775. The second-order valence-electron chi connectivity index (χ2n) is 2.79. The molecule has 2 N–H and O–H groups in total. The smallest absolute Gasteiger partial charge is 0.331 e. The lowest BCUT2D eigenvalue weighted by atomic mass is 10.5. The summed E-state index contributed by atoms with van der Waals surface area (Å²) in [4.78, 5) is 20.9. The summed E-state index contributed by atoms with van der Waals surface area (Å²) in [5.41, 5.74) is 0. The van der Waals surface area contributed by atoms with Gasteiger partial charge in [-0.25, -0.2) is 9.59 Å². The van der Waals surface area contributed by atoms with Crippen LogP contribution >= 0.6 is 0 Å². The predicted molar refractivity (Wildman–Crippen MR) is 56.5 cm³/mol. The van der Waals surface area contributed by atoms with E-state index in [1.165, 1.54) is 0 Å². The lowest BCUT2D eigenvalue weighted by Crippen LogP contribution is -2.12. The van der Waals surface area contributed by atoms with Crippen LogP contribution in [0.4, 0.5) is 0 Å². The Morgan fingerprint density at radius 1 is 0.941 bits per heavy atom. The van der Waals surface area contributed by atoms with Gasteiger partial charge >= 0.3 is 11.9 Å². The van der Waals surface area contributed by atoms with Crippen LogP contribution in [0.3, 0.4) is 0 Å². The lowest BCUT2D eigenvalue weighted by Gasteiger charge is -2.04. The molecule has 0 aliphatic rings. The highest BCUT2D eigenvalue weighted by atomic mass is 16.6. The van der Waals surface area contributed by atoms with Crippen molar-refractivity contribution in [2.45, 2.75) is 0 Å².